The number of aliphatic hydroxyl groups is 1. The molecule has 0 aromatic heterocycles. The molecule has 0 saturated carbocycles. The minimum Gasteiger partial charge on any atom is -0.391 e. The maximum atomic E-state index is 13.7. The van der Waals surface area contributed by atoms with Crippen LogP contribution in [0.15, 0.2) is 22.7 Å². The Kier molecular flexibility index (Phi) is 4.02. The van der Waals surface area contributed by atoms with E-state index < -0.39 is 11.9 Å². The van der Waals surface area contributed by atoms with Crippen molar-refractivity contribution in [2.75, 3.05) is 13.1 Å². The second kappa shape index (κ2) is 5.36. The van der Waals surface area contributed by atoms with Crippen LogP contribution in [0, 0.1) is 11.7 Å². The van der Waals surface area contributed by atoms with Gasteiger partial charge in [0.25, 0.3) is 5.91 Å². The highest BCUT2D eigenvalue weighted by molar-refractivity contribution is 9.10. The lowest BCUT2D eigenvalue weighted by Gasteiger charge is -2.34. The van der Waals surface area contributed by atoms with Crippen LogP contribution in [-0.4, -0.2) is 35.1 Å². The molecule has 0 spiro atoms. The number of rotatable bonds is 1. The average Bonchev–Trinajstić information content (AvgIpc) is 2.32. The third kappa shape index (κ3) is 2.57. The number of halogens is 2. The summed E-state index contributed by atoms with van der Waals surface area (Å²) in [6.07, 6.45) is 0.201. The fraction of sp³-hybridized carbons (Fsp3) is 0.462. The van der Waals surface area contributed by atoms with Gasteiger partial charge in [0.15, 0.2) is 0 Å². The predicted octanol–water partition coefficient (Wildman–Crippen LogP) is 2.43. The second-order valence-corrected chi connectivity index (χ2v) is 5.54. The minimum absolute atomic E-state index is 0.0410. The van der Waals surface area contributed by atoms with Gasteiger partial charge in [0.05, 0.1) is 11.7 Å². The van der Waals surface area contributed by atoms with Crippen LogP contribution in [0.4, 0.5) is 4.39 Å². The molecule has 0 aliphatic carbocycles. The Labute approximate surface area is 114 Å². The van der Waals surface area contributed by atoms with E-state index in [-0.39, 0.29) is 23.9 Å². The molecule has 1 amide bonds. The number of aliphatic hydroxyl groups excluding tert-OH is 1. The van der Waals surface area contributed by atoms with Crippen LogP contribution in [0.1, 0.15) is 23.7 Å². The van der Waals surface area contributed by atoms with E-state index in [0.717, 1.165) is 6.42 Å². The lowest BCUT2D eigenvalue weighted by atomic mass is 9.95. The molecule has 18 heavy (non-hydrogen) atoms. The molecular weight excluding hydrogens is 301 g/mol. The maximum absolute atomic E-state index is 13.7. The van der Waals surface area contributed by atoms with Crippen molar-refractivity contribution in [1.82, 2.24) is 4.90 Å². The zero-order valence-corrected chi connectivity index (χ0v) is 11.7. The summed E-state index contributed by atoms with van der Waals surface area (Å²) in [7, 11) is 0. The van der Waals surface area contributed by atoms with Crippen molar-refractivity contribution in [2.45, 2.75) is 19.4 Å². The molecule has 1 N–H and O–H groups in total. The van der Waals surface area contributed by atoms with Crippen molar-refractivity contribution < 1.29 is 14.3 Å². The summed E-state index contributed by atoms with van der Waals surface area (Å²) in [5.41, 5.74) is 0.0410. The maximum Gasteiger partial charge on any atom is 0.258 e. The predicted molar refractivity (Wildman–Crippen MR) is 69.8 cm³/mol. The normalized spacial score (nSPS) is 24.1. The Morgan fingerprint density at radius 1 is 1.56 bits per heavy atom. The van der Waals surface area contributed by atoms with Crippen molar-refractivity contribution in [3.8, 4) is 0 Å². The average molecular weight is 316 g/mol. The number of hydrogen-bond donors (Lipinski definition) is 1. The van der Waals surface area contributed by atoms with Gasteiger partial charge in [0.1, 0.15) is 5.82 Å². The van der Waals surface area contributed by atoms with Crippen LogP contribution in [0.2, 0.25) is 0 Å². The highest BCUT2D eigenvalue weighted by Crippen LogP contribution is 2.24. The Bertz CT molecular complexity index is 446. The number of benzene rings is 1. The molecule has 0 radical (unpaired) electrons. The van der Waals surface area contributed by atoms with Gasteiger partial charge >= 0.3 is 0 Å². The van der Waals surface area contributed by atoms with Crippen molar-refractivity contribution in [3.63, 3.8) is 0 Å². The van der Waals surface area contributed by atoms with E-state index in [0.29, 0.717) is 11.0 Å². The molecule has 0 bridgehead atoms. The molecule has 1 heterocycles. The Morgan fingerprint density at radius 3 is 2.89 bits per heavy atom. The van der Waals surface area contributed by atoms with Gasteiger partial charge in [-0.15, -0.1) is 0 Å². The van der Waals surface area contributed by atoms with Crippen molar-refractivity contribution in [3.05, 3.63) is 34.1 Å². The Balaban J connectivity index is 2.22. The topological polar surface area (TPSA) is 40.5 Å². The van der Waals surface area contributed by atoms with E-state index >= 15 is 0 Å². The third-order valence-electron chi connectivity index (χ3n) is 3.38. The number of carbonyl (C=O) groups excluding carboxylic acids is 1. The van der Waals surface area contributed by atoms with Crippen LogP contribution in [-0.2, 0) is 0 Å². The summed E-state index contributed by atoms with van der Waals surface area (Å²) < 4.78 is 14.1. The van der Waals surface area contributed by atoms with Gasteiger partial charge in [-0.05, 0) is 40.4 Å². The van der Waals surface area contributed by atoms with Crippen molar-refractivity contribution in [1.29, 1.82) is 0 Å². The summed E-state index contributed by atoms with van der Waals surface area (Å²) in [5.74, 6) is -0.730. The summed E-state index contributed by atoms with van der Waals surface area (Å²) >= 11 is 3.19. The smallest absolute Gasteiger partial charge is 0.258 e. The zero-order valence-electron chi connectivity index (χ0n) is 10.1. The van der Waals surface area contributed by atoms with Crippen LogP contribution in [0.3, 0.4) is 0 Å². The molecule has 1 fully saturated rings. The van der Waals surface area contributed by atoms with Gasteiger partial charge in [-0.1, -0.05) is 13.0 Å². The molecule has 5 heteroatoms. The first kappa shape index (κ1) is 13.5. The number of piperidine rings is 1. The van der Waals surface area contributed by atoms with E-state index in [2.05, 4.69) is 15.9 Å². The van der Waals surface area contributed by atoms with Gasteiger partial charge in [0, 0.05) is 17.6 Å². The van der Waals surface area contributed by atoms with Crippen LogP contribution in [0.5, 0.6) is 0 Å². The Morgan fingerprint density at radius 2 is 2.28 bits per heavy atom. The molecule has 2 rings (SSSR count). The molecule has 98 valence electrons. The highest BCUT2D eigenvalue weighted by atomic mass is 79.9. The highest BCUT2D eigenvalue weighted by Gasteiger charge is 2.29. The zero-order chi connectivity index (χ0) is 13.3. The molecule has 1 aromatic rings. The summed E-state index contributed by atoms with van der Waals surface area (Å²) in [5, 5.41) is 9.78. The molecule has 1 aliphatic heterocycles. The Hall–Kier alpha value is -0.940. The summed E-state index contributed by atoms with van der Waals surface area (Å²) in [6.45, 7) is 2.77. The first-order valence-electron chi connectivity index (χ1n) is 5.92. The lowest BCUT2D eigenvalue weighted by Crippen LogP contribution is -2.46. The van der Waals surface area contributed by atoms with E-state index in [4.69, 9.17) is 0 Å². The number of amides is 1. The molecule has 3 nitrogen and oxygen atoms in total. The number of hydrogen-bond acceptors (Lipinski definition) is 2. The number of likely N-dealkylation sites (tertiary alicyclic amines) is 1. The first-order valence-corrected chi connectivity index (χ1v) is 6.71. The van der Waals surface area contributed by atoms with Gasteiger partial charge in [0.2, 0.25) is 0 Å². The summed E-state index contributed by atoms with van der Waals surface area (Å²) in [4.78, 5) is 13.7. The van der Waals surface area contributed by atoms with Gasteiger partial charge in [-0.2, -0.15) is 0 Å². The van der Waals surface area contributed by atoms with Crippen LogP contribution in [0.25, 0.3) is 0 Å². The SMILES string of the molecule is CC1CCN(C(=O)c2c(F)cccc2Br)CC1O. The lowest BCUT2D eigenvalue weighted by molar-refractivity contribution is 0.0245. The molecule has 2 unspecified atom stereocenters. The molecule has 1 aliphatic rings. The van der Waals surface area contributed by atoms with Gasteiger partial charge in [-0.3, -0.25) is 4.79 Å². The van der Waals surface area contributed by atoms with Crippen LogP contribution < -0.4 is 0 Å². The van der Waals surface area contributed by atoms with E-state index in [1.165, 1.54) is 11.0 Å². The largest absolute Gasteiger partial charge is 0.391 e. The number of carbonyl (C=O) groups is 1. The fourth-order valence-electron chi connectivity index (χ4n) is 2.09. The van der Waals surface area contributed by atoms with E-state index in [1.807, 2.05) is 6.92 Å². The standard InChI is InChI=1S/C13H15BrFNO2/c1-8-5-6-16(7-11(8)17)13(18)12-9(14)3-2-4-10(12)15/h2-4,8,11,17H,5-7H2,1H3. The molecular formula is C13H15BrFNO2. The van der Waals surface area contributed by atoms with E-state index in [9.17, 15) is 14.3 Å². The fourth-order valence-corrected chi connectivity index (χ4v) is 2.61. The van der Waals surface area contributed by atoms with Crippen molar-refractivity contribution >= 4 is 21.8 Å². The number of β-amino-alcohol motifs (C(OH)–C–C–N with tert-alkyl or cyclic N) is 1. The molecule has 1 aromatic carbocycles. The number of nitrogens with zero attached hydrogens (tertiary/aromatic N) is 1. The first-order chi connectivity index (χ1) is 8.50. The van der Waals surface area contributed by atoms with E-state index in [1.54, 1.807) is 12.1 Å². The van der Waals surface area contributed by atoms with Gasteiger partial charge in [-0.25, -0.2) is 4.39 Å². The monoisotopic (exact) mass is 315 g/mol. The molecule has 1 saturated heterocycles. The van der Waals surface area contributed by atoms with Gasteiger partial charge < -0.3 is 10.0 Å². The minimum atomic E-state index is -0.539. The third-order valence-corrected chi connectivity index (χ3v) is 4.04. The summed E-state index contributed by atoms with van der Waals surface area (Å²) in [6, 6.07) is 4.45. The molecule has 2 atom stereocenters. The second-order valence-electron chi connectivity index (χ2n) is 4.68. The van der Waals surface area contributed by atoms with Crippen molar-refractivity contribution in [2.24, 2.45) is 5.92 Å². The quantitative estimate of drug-likeness (QED) is 0.864. The van der Waals surface area contributed by atoms with Crippen LogP contribution >= 0.6 is 15.9 Å².